The quantitative estimate of drug-likeness (QED) is 0.230. The number of benzene rings is 2. The van der Waals surface area contributed by atoms with E-state index in [0.29, 0.717) is 29.2 Å². The van der Waals surface area contributed by atoms with E-state index in [1.54, 1.807) is 12.4 Å². The predicted octanol–water partition coefficient (Wildman–Crippen LogP) is 4.77. The van der Waals surface area contributed by atoms with E-state index in [0.717, 1.165) is 41.6 Å². The van der Waals surface area contributed by atoms with Gasteiger partial charge in [0.05, 0.1) is 16.7 Å². The molecule has 4 aromatic heterocycles. The monoisotopic (exact) mass is 626 g/mol. The van der Waals surface area contributed by atoms with E-state index in [1.807, 2.05) is 29.7 Å². The Balaban J connectivity index is 0.000000224. The average molecular weight is 627 g/mol. The molecule has 0 saturated carbocycles. The Hall–Kier alpha value is -6.05. The lowest BCUT2D eigenvalue weighted by molar-refractivity contribution is 0.0995. The molecule has 1 aliphatic rings. The zero-order valence-electron chi connectivity index (χ0n) is 24.2. The minimum atomic E-state index is -1.66. The molecule has 14 heteroatoms. The van der Waals surface area contributed by atoms with Crippen LogP contribution in [0.3, 0.4) is 0 Å². The molecule has 4 heterocycles. The molecule has 0 atom stereocenters. The standard InChI is InChI=1S/C24H20FN7.C8H5F2NO3/c1-14-12-20(31-11-9-19(25)30-31)28-24-21(14)29-23(18-6-3-10-27-22(18)26)32(24)17-8-7-15-4-2-5-16(15)13-17;9-5-4(8(11)14)1-3(2-12)7(13)6(5)10/h3,6-13H,2,4-5H2,1H3,(H2,26,27);1-2,13H,(H2,11,14). The van der Waals surface area contributed by atoms with E-state index >= 15 is 0 Å². The zero-order valence-corrected chi connectivity index (χ0v) is 24.2. The summed E-state index contributed by atoms with van der Waals surface area (Å²) in [6.45, 7) is 1.96. The number of fused-ring (bicyclic) bond motifs is 2. The van der Waals surface area contributed by atoms with Gasteiger partial charge in [0.25, 0.3) is 5.91 Å². The second-order valence-electron chi connectivity index (χ2n) is 10.5. The van der Waals surface area contributed by atoms with Gasteiger partial charge < -0.3 is 16.6 Å². The Labute approximate surface area is 259 Å². The molecule has 11 nitrogen and oxygen atoms in total. The number of hydrogen-bond acceptors (Lipinski definition) is 8. The second-order valence-corrected chi connectivity index (χ2v) is 10.5. The van der Waals surface area contributed by atoms with Crippen LogP contribution in [0.15, 0.2) is 60.9 Å². The van der Waals surface area contributed by atoms with Crippen LogP contribution in [-0.2, 0) is 12.8 Å². The number of imidazole rings is 1. The molecule has 0 fully saturated rings. The van der Waals surface area contributed by atoms with E-state index in [2.05, 4.69) is 28.3 Å². The summed E-state index contributed by atoms with van der Waals surface area (Å²) >= 11 is 0. The molecule has 6 aromatic rings. The lowest BCUT2D eigenvalue weighted by Gasteiger charge is -2.12. The fraction of sp³-hybridized carbons (Fsp3) is 0.125. The van der Waals surface area contributed by atoms with Gasteiger partial charge in [-0.3, -0.25) is 14.2 Å². The summed E-state index contributed by atoms with van der Waals surface area (Å²) in [6, 6.07) is 14.1. The maximum atomic E-state index is 13.6. The lowest BCUT2D eigenvalue weighted by atomic mass is 10.1. The number of nitrogens with zero attached hydrogens (tertiary/aromatic N) is 6. The third-order valence-corrected chi connectivity index (χ3v) is 7.61. The Morgan fingerprint density at radius 2 is 1.80 bits per heavy atom. The summed E-state index contributed by atoms with van der Waals surface area (Å²) in [5, 5.41) is 12.8. The number of aryl methyl sites for hydroxylation is 3. The van der Waals surface area contributed by atoms with Gasteiger partial charge in [-0.05, 0) is 79.3 Å². The zero-order chi connectivity index (χ0) is 32.7. The molecule has 0 spiro atoms. The molecule has 0 unspecified atom stereocenters. The number of aldehydes is 1. The fourth-order valence-electron chi connectivity index (χ4n) is 5.36. The van der Waals surface area contributed by atoms with Crippen molar-refractivity contribution in [2.45, 2.75) is 26.2 Å². The van der Waals surface area contributed by atoms with Crippen LogP contribution in [0.25, 0.3) is 34.1 Å². The number of aromatic hydroxyl groups is 1. The van der Waals surface area contributed by atoms with Crippen LogP contribution in [0.1, 0.15) is 43.8 Å². The Bertz CT molecular complexity index is 2180. The van der Waals surface area contributed by atoms with Crippen LogP contribution >= 0.6 is 0 Å². The summed E-state index contributed by atoms with van der Waals surface area (Å²) in [5.74, 6) is -4.55. The van der Waals surface area contributed by atoms with Gasteiger partial charge in [-0.1, -0.05) is 6.07 Å². The minimum Gasteiger partial charge on any atom is -0.504 e. The number of halogens is 3. The van der Waals surface area contributed by atoms with Crippen molar-refractivity contribution in [3.63, 3.8) is 0 Å². The van der Waals surface area contributed by atoms with Gasteiger partial charge in [-0.25, -0.2) is 24.0 Å². The highest BCUT2D eigenvalue weighted by molar-refractivity contribution is 5.95. The van der Waals surface area contributed by atoms with Crippen molar-refractivity contribution in [3.8, 4) is 28.6 Å². The predicted molar refractivity (Wildman–Crippen MR) is 162 cm³/mol. The number of nitrogens with two attached hydrogens (primary N) is 2. The number of pyridine rings is 2. The second kappa shape index (κ2) is 11.8. The van der Waals surface area contributed by atoms with Crippen LogP contribution in [0, 0.1) is 24.5 Å². The number of primary amides is 1. The van der Waals surface area contributed by atoms with Gasteiger partial charge in [0.15, 0.2) is 35.1 Å². The number of hydrogen-bond donors (Lipinski definition) is 3. The normalized spacial score (nSPS) is 12.1. The van der Waals surface area contributed by atoms with Crippen LogP contribution in [0.4, 0.5) is 19.0 Å². The number of phenols is 1. The molecule has 1 amide bonds. The van der Waals surface area contributed by atoms with E-state index in [9.17, 15) is 22.8 Å². The summed E-state index contributed by atoms with van der Waals surface area (Å²) in [6.07, 6.45) is 6.64. The molecule has 1 aliphatic carbocycles. The largest absolute Gasteiger partial charge is 0.504 e. The summed E-state index contributed by atoms with van der Waals surface area (Å²) in [4.78, 5) is 34.9. The number of rotatable bonds is 5. The van der Waals surface area contributed by atoms with Crippen LogP contribution in [0.5, 0.6) is 5.75 Å². The van der Waals surface area contributed by atoms with Crippen LogP contribution < -0.4 is 11.5 Å². The molecule has 2 aromatic carbocycles. The van der Waals surface area contributed by atoms with Crippen molar-refractivity contribution in [1.29, 1.82) is 0 Å². The first-order chi connectivity index (χ1) is 22.1. The third-order valence-electron chi connectivity index (χ3n) is 7.61. The van der Waals surface area contributed by atoms with Crippen molar-refractivity contribution in [3.05, 3.63) is 106 Å². The maximum Gasteiger partial charge on any atom is 0.251 e. The molecule has 0 radical (unpaired) electrons. The topological polar surface area (TPSA) is 168 Å². The highest BCUT2D eigenvalue weighted by atomic mass is 19.2. The smallest absolute Gasteiger partial charge is 0.251 e. The fourth-order valence-corrected chi connectivity index (χ4v) is 5.36. The highest BCUT2D eigenvalue weighted by Gasteiger charge is 2.23. The van der Waals surface area contributed by atoms with Gasteiger partial charge >= 0.3 is 0 Å². The molecular weight excluding hydrogens is 601 g/mol. The summed E-state index contributed by atoms with van der Waals surface area (Å²) < 4.78 is 42.7. The van der Waals surface area contributed by atoms with E-state index in [4.69, 9.17) is 26.5 Å². The van der Waals surface area contributed by atoms with E-state index in [1.165, 1.54) is 21.9 Å². The maximum absolute atomic E-state index is 13.6. The van der Waals surface area contributed by atoms with E-state index < -0.39 is 40.4 Å². The Kier molecular flexibility index (Phi) is 7.69. The molecule has 0 saturated heterocycles. The Morgan fingerprint density at radius 3 is 2.50 bits per heavy atom. The third kappa shape index (κ3) is 5.29. The molecular formula is C32H25F3N8O3. The van der Waals surface area contributed by atoms with Crippen molar-refractivity contribution < 1.29 is 27.9 Å². The first kappa shape index (κ1) is 30.0. The van der Waals surface area contributed by atoms with Gasteiger partial charge in [0.2, 0.25) is 11.8 Å². The SMILES string of the molecule is Cc1cc(-n2ccc(F)n2)nc2c1nc(-c1cccnc1N)n2-c1ccc2c(c1)CCC2.NC(=O)c1cc(C=O)c(O)c(F)c1F. The summed E-state index contributed by atoms with van der Waals surface area (Å²) in [5.41, 5.74) is 16.4. The van der Waals surface area contributed by atoms with Gasteiger partial charge in [-0.15, -0.1) is 5.10 Å². The number of aromatic nitrogens is 6. The molecule has 0 aliphatic heterocycles. The number of anilines is 1. The Morgan fingerprint density at radius 1 is 1.02 bits per heavy atom. The number of nitrogen functional groups attached to an aromatic ring is 1. The van der Waals surface area contributed by atoms with Crippen LogP contribution in [0.2, 0.25) is 0 Å². The molecule has 232 valence electrons. The molecule has 7 rings (SSSR count). The lowest BCUT2D eigenvalue weighted by Crippen LogP contribution is -2.15. The number of carbonyl (C=O) groups is 2. The molecule has 5 N–H and O–H groups in total. The van der Waals surface area contributed by atoms with Gasteiger partial charge in [0.1, 0.15) is 11.3 Å². The van der Waals surface area contributed by atoms with Crippen molar-refractivity contribution >= 4 is 29.2 Å². The van der Waals surface area contributed by atoms with Crippen molar-refractivity contribution in [2.24, 2.45) is 5.73 Å². The van der Waals surface area contributed by atoms with Gasteiger partial charge in [0, 0.05) is 24.1 Å². The van der Waals surface area contributed by atoms with Crippen molar-refractivity contribution in [2.75, 3.05) is 5.73 Å². The van der Waals surface area contributed by atoms with Crippen LogP contribution in [-0.4, -0.2) is 46.6 Å². The highest BCUT2D eigenvalue weighted by Crippen LogP contribution is 2.34. The first-order valence-electron chi connectivity index (χ1n) is 14.0. The minimum absolute atomic E-state index is 0.0876. The molecule has 46 heavy (non-hydrogen) atoms. The van der Waals surface area contributed by atoms with E-state index in [-0.39, 0.29) is 6.29 Å². The number of phenolic OH excluding ortho intramolecular Hbond substituents is 1. The number of carbonyl (C=O) groups excluding carboxylic acids is 2. The molecule has 0 bridgehead atoms. The van der Waals surface area contributed by atoms with Crippen molar-refractivity contribution in [1.82, 2.24) is 29.3 Å². The first-order valence-corrected chi connectivity index (χ1v) is 14.0. The average Bonchev–Trinajstić information content (AvgIpc) is 3.78. The van der Waals surface area contributed by atoms with Gasteiger partial charge in [-0.2, -0.15) is 8.78 Å². The number of amides is 1. The summed E-state index contributed by atoms with van der Waals surface area (Å²) in [7, 11) is 0.